The van der Waals surface area contributed by atoms with E-state index in [0.717, 1.165) is 17.7 Å². The molecule has 0 unspecified atom stereocenters. The van der Waals surface area contributed by atoms with Gasteiger partial charge in [-0.2, -0.15) is 4.89 Å². The number of hydrogen-bond donors (Lipinski definition) is 0. The van der Waals surface area contributed by atoms with Crippen molar-refractivity contribution in [2.24, 2.45) is 0 Å². The van der Waals surface area contributed by atoms with Gasteiger partial charge in [0.15, 0.2) is 5.75 Å². The highest BCUT2D eigenvalue weighted by atomic mass is 17.2. The molecule has 2 aromatic rings. The lowest BCUT2D eigenvalue weighted by Gasteiger charge is -2.02. The zero-order chi connectivity index (χ0) is 10.8. The molecule has 2 aromatic carbocycles. The summed E-state index contributed by atoms with van der Waals surface area (Å²) in [6.07, 6.45) is 0.952. The molecule has 0 bridgehead atoms. The van der Waals surface area contributed by atoms with E-state index in [1.54, 1.807) is 0 Å². The van der Waals surface area contributed by atoms with Crippen molar-refractivity contribution in [3.63, 3.8) is 0 Å². The Morgan fingerprint density at radius 3 is 2.69 bits per heavy atom. The van der Waals surface area contributed by atoms with Crippen LogP contribution in [-0.4, -0.2) is 0 Å². The summed E-state index contributed by atoms with van der Waals surface area (Å²) in [6.45, 7) is 0.554. The maximum Gasteiger partial charge on any atom is 0.171 e. The van der Waals surface area contributed by atoms with Gasteiger partial charge in [-0.15, -0.1) is 0 Å². The highest BCUT2D eigenvalue weighted by molar-refractivity contribution is 5.39. The van der Waals surface area contributed by atoms with Gasteiger partial charge in [-0.25, -0.2) is 0 Å². The first-order valence-electron chi connectivity index (χ1n) is 5.37. The van der Waals surface area contributed by atoms with Gasteiger partial charge in [-0.1, -0.05) is 36.4 Å². The Bertz CT molecular complexity index is 491. The Morgan fingerprint density at radius 1 is 0.938 bits per heavy atom. The van der Waals surface area contributed by atoms with E-state index in [0.29, 0.717) is 6.61 Å². The maximum atomic E-state index is 5.00. The van der Waals surface area contributed by atoms with E-state index in [1.165, 1.54) is 11.1 Å². The first-order valence-corrected chi connectivity index (χ1v) is 5.37. The van der Waals surface area contributed by atoms with Crippen LogP contribution in [0, 0.1) is 0 Å². The van der Waals surface area contributed by atoms with Crippen LogP contribution < -0.4 is 4.89 Å². The summed E-state index contributed by atoms with van der Waals surface area (Å²) in [7, 11) is 0. The van der Waals surface area contributed by atoms with Crippen LogP contribution in [0.1, 0.15) is 16.7 Å². The second-order valence-electron chi connectivity index (χ2n) is 3.95. The Balaban J connectivity index is 1.86. The van der Waals surface area contributed by atoms with Crippen molar-refractivity contribution in [2.45, 2.75) is 13.0 Å². The summed E-state index contributed by atoms with van der Waals surface area (Å²) < 4.78 is 0. The minimum atomic E-state index is 0.554. The van der Waals surface area contributed by atoms with Crippen LogP contribution in [0.2, 0.25) is 0 Å². The Hall–Kier alpha value is -1.80. The van der Waals surface area contributed by atoms with Gasteiger partial charge in [0, 0.05) is 5.56 Å². The molecule has 0 fully saturated rings. The third kappa shape index (κ3) is 1.79. The average Bonchev–Trinajstić information content (AvgIpc) is 2.77. The van der Waals surface area contributed by atoms with Crippen molar-refractivity contribution in [3.8, 4) is 5.75 Å². The predicted octanol–water partition coefficient (Wildman–Crippen LogP) is 3.10. The molecule has 0 spiro atoms. The summed E-state index contributed by atoms with van der Waals surface area (Å²) in [5.74, 6) is 0.844. The van der Waals surface area contributed by atoms with E-state index in [4.69, 9.17) is 9.78 Å². The van der Waals surface area contributed by atoms with Crippen LogP contribution in [0.3, 0.4) is 0 Å². The van der Waals surface area contributed by atoms with E-state index in [1.807, 2.05) is 12.1 Å². The first-order chi connectivity index (χ1) is 7.92. The summed E-state index contributed by atoms with van der Waals surface area (Å²) in [4.78, 5) is 9.92. The fraction of sp³-hybridized carbons (Fsp3) is 0.143. The van der Waals surface area contributed by atoms with Crippen LogP contribution in [0.15, 0.2) is 48.5 Å². The SMILES string of the molecule is c1ccc(Cc2ccc3c(c2)COO3)cc1. The van der Waals surface area contributed by atoms with Crippen LogP contribution in [-0.2, 0) is 17.9 Å². The normalized spacial score (nSPS) is 13.2. The molecule has 0 N–H and O–H groups in total. The van der Waals surface area contributed by atoms with Crippen LogP contribution >= 0.6 is 0 Å². The van der Waals surface area contributed by atoms with Gasteiger partial charge >= 0.3 is 0 Å². The van der Waals surface area contributed by atoms with Crippen molar-refractivity contribution in [3.05, 3.63) is 65.2 Å². The van der Waals surface area contributed by atoms with Crippen LogP contribution in [0.5, 0.6) is 5.75 Å². The smallest absolute Gasteiger partial charge is 0.171 e. The molecule has 0 atom stereocenters. The summed E-state index contributed by atoms with van der Waals surface area (Å²) in [5, 5.41) is 0. The van der Waals surface area contributed by atoms with E-state index in [9.17, 15) is 0 Å². The molecular formula is C14H12O2. The minimum Gasteiger partial charge on any atom is -0.337 e. The zero-order valence-corrected chi connectivity index (χ0v) is 8.85. The molecule has 2 heteroatoms. The third-order valence-electron chi connectivity index (χ3n) is 2.74. The molecule has 0 saturated heterocycles. The van der Waals surface area contributed by atoms with E-state index < -0.39 is 0 Å². The molecule has 0 amide bonds. The molecule has 0 radical (unpaired) electrons. The van der Waals surface area contributed by atoms with Gasteiger partial charge in [0.25, 0.3) is 0 Å². The van der Waals surface area contributed by atoms with Crippen molar-refractivity contribution < 1.29 is 9.78 Å². The van der Waals surface area contributed by atoms with Crippen molar-refractivity contribution in [1.29, 1.82) is 0 Å². The molecular weight excluding hydrogens is 200 g/mol. The van der Waals surface area contributed by atoms with Crippen molar-refractivity contribution >= 4 is 0 Å². The molecule has 2 nitrogen and oxygen atoms in total. The van der Waals surface area contributed by atoms with Gasteiger partial charge < -0.3 is 4.89 Å². The minimum absolute atomic E-state index is 0.554. The lowest BCUT2D eigenvalue weighted by molar-refractivity contribution is -0.194. The van der Waals surface area contributed by atoms with Crippen LogP contribution in [0.4, 0.5) is 0 Å². The standard InChI is InChI=1S/C14H12O2/c1-2-4-11(5-3-1)8-12-6-7-14-13(9-12)10-15-16-14/h1-7,9H,8,10H2. The van der Waals surface area contributed by atoms with E-state index in [2.05, 4.69) is 36.4 Å². The molecule has 0 saturated carbocycles. The predicted molar refractivity (Wildman–Crippen MR) is 61.1 cm³/mol. The van der Waals surface area contributed by atoms with Crippen LogP contribution in [0.25, 0.3) is 0 Å². The second kappa shape index (κ2) is 3.99. The number of fused-ring (bicyclic) bond motifs is 1. The lowest BCUT2D eigenvalue weighted by atomic mass is 10.0. The molecule has 16 heavy (non-hydrogen) atoms. The third-order valence-corrected chi connectivity index (χ3v) is 2.74. The summed E-state index contributed by atoms with van der Waals surface area (Å²) >= 11 is 0. The highest BCUT2D eigenvalue weighted by Crippen LogP contribution is 2.27. The monoisotopic (exact) mass is 212 g/mol. The molecule has 1 aliphatic heterocycles. The summed E-state index contributed by atoms with van der Waals surface area (Å²) in [6, 6.07) is 16.6. The van der Waals surface area contributed by atoms with E-state index >= 15 is 0 Å². The maximum absolute atomic E-state index is 5.00. The molecule has 1 heterocycles. The molecule has 0 aromatic heterocycles. The Labute approximate surface area is 94.4 Å². The number of benzene rings is 2. The fourth-order valence-electron chi connectivity index (χ4n) is 1.92. The molecule has 1 aliphatic rings. The van der Waals surface area contributed by atoms with Crippen molar-refractivity contribution in [1.82, 2.24) is 0 Å². The number of hydrogen-bond acceptors (Lipinski definition) is 2. The average molecular weight is 212 g/mol. The second-order valence-corrected chi connectivity index (χ2v) is 3.95. The Kier molecular flexibility index (Phi) is 2.35. The number of rotatable bonds is 2. The topological polar surface area (TPSA) is 18.5 Å². The van der Waals surface area contributed by atoms with Gasteiger partial charge in [0.2, 0.25) is 0 Å². The molecule has 3 rings (SSSR count). The zero-order valence-electron chi connectivity index (χ0n) is 8.85. The van der Waals surface area contributed by atoms with Gasteiger partial charge in [0.1, 0.15) is 6.61 Å². The fourth-order valence-corrected chi connectivity index (χ4v) is 1.92. The Morgan fingerprint density at radius 2 is 1.81 bits per heavy atom. The summed E-state index contributed by atoms with van der Waals surface area (Å²) in [5.41, 5.74) is 3.75. The van der Waals surface area contributed by atoms with Crippen molar-refractivity contribution in [2.75, 3.05) is 0 Å². The van der Waals surface area contributed by atoms with Gasteiger partial charge in [0.05, 0.1) is 0 Å². The quantitative estimate of drug-likeness (QED) is 0.712. The largest absolute Gasteiger partial charge is 0.337 e. The molecule has 80 valence electrons. The highest BCUT2D eigenvalue weighted by Gasteiger charge is 2.13. The lowest BCUT2D eigenvalue weighted by Crippen LogP contribution is -1.88. The van der Waals surface area contributed by atoms with Gasteiger partial charge in [-0.05, 0) is 29.7 Å². The molecule has 0 aliphatic carbocycles. The van der Waals surface area contributed by atoms with Gasteiger partial charge in [-0.3, -0.25) is 0 Å². The first kappa shape index (κ1) is 9.43. The van der Waals surface area contributed by atoms with E-state index in [-0.39, 0.29) is 0 Å².